The molecule has 0 saturated carbocycles. The van der Waals surface area contributed by atoms with Crippen LogP contribution in [0.25, 0.3) is 10.2 Å². The van der Waals surface area contributed by atoms with Gasteiger partial charge in [0.15, 0.2) is 17.5 Å². The van der Waals surface area contributed by atoms with Crippen LogP contribution in [0.2, 0.25) is 0 Å². The topological polar surface area (TPSA) is 81.5 Å². The quantitative estimate of drug-likeness (QED) is 0.317. The van der Waals surface area contributed by atoms with Crippen molar-refractivity contribution in [1.29, 1.82) is 0 Å². The van der Waals surface area contributed by atoms with Crippen LogP contribution in [-0.2, 0) is 11.2 Å². The molecule has 31 heavy (non-hydrogen) atoms. The molecule has 1 atom stereocenters. The Bertz CT molecular complexity index is 1250. The summed E-state index contributed by atoms with van der Waals surface area (Å²) in [5.41, 5.74) is 0.785. The van der Waals surface area contributed by atoms with Gasteiger partial charge >= 0.3 is 0 Å². The first-order chi connectivity index (χ1) is 14.9. The van der Waals surface area contributed by atoms with Gasteiger partial charge < -0.3 is 9.64 Å². The third kappa shape index (κ3) is 3.65. The SMILES string of the molecule is CCc1cc2c(=O)n(C(C)C(=O)c3ccc4c(c3)N(CC)C(=O)CO4)c(SC)nc2s1. The molecule has 0 saturated heterocycles. The van der Waals surface area contributed by atoms with Crippen molar-refractivity contribution in [2.24, 2.45) is 0 Å². The van der Waals surface area contributed by atoms with Crippen molar-refractivity contribution in [3.63, 3.8) is 0 Å². The zero-order chi connectivity index (χ0) is 22.3. The number of nitrogens with zero attached hydrogens (tertiary/aromatic N) is 3. The van der Waals surface area contributed by atoms with E-state index in [2.05, 4.69) is 4.98 Å². The fraction of sp³-hybridized carbons (Fsp3) is 0.364. The second kappa shape index (κ2) is 8.47. The number of carbonyl (C=O) groups is 2. The Balaban J connectivity index is 1.78. The van der Waals surface area contributed by atoms with Gasteiger partial charge in [0, 0.05) is 17.0 Å². The number of fused-ring (bicyclic) bond motifs is 2. The number of amides is 1. The van der Waals surface area contributed by atoms with Crippen LogP contribution in [0.5, 0.6) is 5.75 Å². The van der Waals surface area contributed by atoms with Crippen LogP contribution in [0.4, 0.5) is 5.69 Å². The molecule has 0 radical (unpaired) electrons. The number of aryl methyl sites for hydroxylation is 1. The molecular weight excluding hydrogens is 434 g/mol. The van der Waals surface area contributed by atoms with Gasteiger partial charge in [-0.3, -0.25) is 19.0 Å². The average molecular weight is 458 g/mol. The summed E-state index contributed by atoms with van der Waals surface area (Å²) in [4.78, 5) is 46.9. The molecule has 0 spiro atoms. The van der Waals surface area contributed by atoms with Crippen molar-refractivity contribution in [2.45, 2.75) is 38.4 Å². The van der Waals surface area contributed by atoms with Crippen molar-refractivity contribution in [2.75, 3.05) is 24.3 Å². The molecule has 4 rings (SSSR count). The van der Waals surface area contributed by atoms with Crippen LogP contribution in [0, 0.1) is 0 Å². The molecular formula is C22H23N3O4S2. The molecule has 2 aromatic heterocycles. The van der Waals surface area contributed by atoms with Crippen LogP contribution < -0.4 is 15.2 Å². The lowest BCUT2D eigenvalue weighted by molar-refractivity contribution is -0.121. The predicted molar refractivity (Wildman–Crippen MR) is 124 cm³/mol. The fourth-order valence-electron chi connectivity index (χ4n) is 3.75. The molecule has 1 aliphatic heterocycles. The van der Waals surface area contributed by atoms with Crippen molar-refractivity contribution in [3.05, 3.63) is 45.1 Å². The zero-order valence-electron chi connectivity index (χ0n) is 17.8. The summed E-state index contributed by atoms with van der Waals surface area (Å²) in [5, 5.41) is 1.05. The third-order valence-corrected chi connectivity index (χ3v) is 7.24. The number of benzene rings is 1. The van der Waals surface area contributed by atoms with E-state index in [1.807, 2.05) is 26.2 Å². The monoisotopic (exact) mass is 457 g/mol. The molecule has 1 aromatic carbocycles. The van der Waals surface area contributed by atoms with E-state index in [-0.39, 0.29) is 23.9 Å². The number of thiophene rings is 1. The number of carbonyl (C=O) groups excluding carboxylic acids is 2. The summed E-state index contributed by atoms with van der Waals surface area (Å²) in [6, 6.07) is 6.18. The molecule has 0 bridgehead atoms. The summed E-state index contributed by atoms with van der Waals surface area (Å²) in [7, 11) is 0. The van der Waals surface area contributed by atoms with Crippen molar-refractivity contribution in [1.82, 2.24) is 9.55 Å². The molecule has 7 nitrogen and oxygen atoms in total. The Labute approximate surface area is 188 Å². The molecule has 0 aliphatic carbocycles. The maximum atomic E-state index is 13.4. The number of rotatable bonds is 6. The molecule has 0 N–H and O–H groups in total. The number of hydrogen-bond donors (Lipinski definition) is 0. The predicted octanol–water partition coefficient (Wildman–Crippen LogP) is 3.93. The van der Waals surface area contributed by atoms with Gasteiger partial charge in [-0.25, -0.2) is 4.98 Å². The van der Waals surface area contributed by atoms with Gasteiger partial charge in [0.2, 0.25) is 0 Å². The normalized spacial score (nSPS) is 14.5. The average Bonchev–Trinajstić information content (AvgIpc) is 3.21. The smallest absolute Gasteiger partial charge is 0.265 e. The van der Waals surface area contributed by atoms with E-state index in [1.54, 1.807) is 30.0 Å². The summed E-state index contributed by atoms with van der Waals surface area (Å²) >= 11 is 2.85. The first-order valence-corrected chi connectivity index (χ1v) is 12.1. The van der Waals surface area contributed by atoms with E-state index in [0.29, 0.717) is 38.9 Å². The summed E-state index contributed by atoms with van der Waals surface area (Å²) in [5.74, 6) is 0.204. The summed E-state index contributed by atoms with van der Waals surface area (Å²) in [6.45, 7) is 6.10. The number of aromatic nitrogens is 2. The highest BCUT2D eigenvalue weighted by Gasteiger charge is 2.28. The minimum absolute atomic E-state index is 0.0108. The van der Waals surface area contributed by atoms with Crippen molar-refractivity contribution >= 4 is 50.7 Å². The number of Topliss-reactive ketones (excluding diaryl/α,β-unsaturated/α-hetero) is 1. The largest absolute Gasteiger partial charge is 0.482 e. The first-order valence-electron chi connectivity index (χ1n) is 10.1. The Kier molecular flexibility index (Phi) is 5.90. The van der Waals surface area contributed by atoms with Gasteiger partial charge in [0.05, 0.1) is 17.1 Å². The summed E-state index contributed by atoms with van der Waals surface area (Å²) in [6.07, 6.45) is 2.67. The number of anilines is 1. The van der Waals surface area contributed by atoms with Crippen molar-refractivity contribution in [3.8, 4) is 5.75 Å². The Morgan fingerprint density at radius 2 is 2.06 bits per heavy atom. The van der Waals surface area contributed by atoms with E-state index in [1.165, 1.54) is 27.7 Å². The number of thioether (sulfide) groups is 1. The summed E-state index contributed by atoms with van der Waals surface area (Å²) < 4.78 is 6.97. The highest BCUT2D eigenvalue weighted by Crippen LogP contribution is 2.34. The highest BCUT2D eigenvalue weighted by atomic mass is 32.2. The maximum absolute atomic E-state index is 13.4. The van der Waals surface area contributed by atoms with Crippen LogP contribution in [0.15, 0.2) is 34.2 Å². The van der Waals surface area contributed by atoms with Gasteiger partial charge in [-0.2, -0.15) is 0 Å². The number of ether oxygens (including phenoxy) is 1. The lowest BCUT2D eigenvalue weighted by Gasteiger charge is -2.29. The molecule has 3 heterocycles. The number of hydrogen-bond acceptors (Lipinski definition) is 7. The highest BCUT2D eigenvalue weighted by molar-refractivity contribution is 7.98. The Hall–Kier alpha value is -2.65. The lowest BCUT2D eigenvalue weighted by atomic mass is 10.0. The van der Waals surface area contributed by atoms with E-state index < -0.39 is 6.04 Å². The van der Waals surface area contributed by atoms with Gasteiger partial charge in [-0.05, 0) is 50.8 Å². The van der Waals surface area contributed by atoms with Crippen LogP contribution in [-0.4, -0.2) is 40.6 Å². The second-order valence-electron chi connectivity index (χ2n) is 7.21. The van der Waals surface area contributed by atoms with Crippen LogP contribution >= 0.6 is 23.1 Å². The molecule has 1 amide bonds. The molecule has 162 valence electrons. The van der Waals surface area contributed by atoms with Gasteiger partial charge in [-0.15, -0.1) is 11.3 Å². The minimum atomic E-state index is -0.745. The van der Waals surface area contributed by atoms with E-state index in [0.717, 1.165) is 11.3 Å². The standard InChI is InChI=1S/C22H23N3O4S2/c1-5-14-10-15-20(31-14)23-22(30-4)25(21(15)28)12(3)19(27)13-7-8-17-16(9-13)24(6-2)18(26)11-29-17/h7-10,12H,5-6,11H2,1-4H3. The Morgan fingerprint density at radius 3 is 2.74 bits per heavy atom. The van der Waals surface area contributed by atoms with Gasteiger partial charge in [0.25, 0.3) is 11.5 Å². The first kappa shape index (κ1) is 21.6. The fourth-order valence-corrected chi connectivity index (χ4v) is 5.38. The van der Waals surface area contributed by atoms with Crippen LogP contribution in [0.3, 0.4) is 0 Å². The van der Waals surface area contributed by atoms with E-state index in [4.69, 9.17) is 4.74 Å². The maximum Gasteiger partial charge on any atom is 0.265 e. The molecule has 1 unspecified atom stereocenters. The minimum Gasteiger partial charge on any atom is -0.482 e. The molecule has 1 aliphatic rings. The van der Waals surface area contributed by atoms with Gasteiger partial charge in [0.1, 0.15) is 10.6 Å². The van der Waals surface area contributed by atoms with E-state index >= 15 is 0 Å². The van der Waals surface area contributed by atoms with Crippen LogP contribution in [0.1, 0.15) is 42.0 Å². The zero-order valence-corrected chi connectivity index (χ0v) is 19.4. The molecule has 3 aromatic rings. The lowest BCUT2D eigenvalue weighted by Crippen LogP contribution is -2.38. The Morgan fingerprint density at radius 1 is 1.29 bits per heavy atom. The van der Waals surface area contributed by atoms with Gasteiger partial charge in [-0.1, -0.05) is 18.7 Å². The number of ketones is 1. The second-order valence-corrected chi connectivity index (χ2v) is 9.10. The van der Waals surface area contributed by atoms with Crippen molar-refractivity contribution < 1.29 is 14.3 Å². The van der Waals surface area contributed by atoms with E-state index in [9.17, 15) is 14.4 Å². The molecule has 0 fully saturated rings. The third-order valence-electron chi connectivity index (χ3n) is 5.42. The molecule has 9 heteroatoms. The number of likely N-dealkylation sites (N-methyl/N-ethyl adjacent to an activating group) is 1.